The number of carboxylic acid groups (broad SMARTS) is 1. The zero-order valence-electron chi connectivity index (χ0n) is 20.2. The molecule has 5 rings (SSSR count). The van der Waals surface area contributed by atoms with Crippen molar-refractivity contribution in [2.75, 3.05) is 33.3 Å². The molecule has 3 aromatic rings. The number of halogens is 1. The fourth-order valence-corrected chi connectivity index (χ4v) is 6.77. The van der Waals surface area contributed by atoms with Gasteiger partial charge in [-0.05, 0) is 47.3 Å². The van der Waals surface area contributed by atoms with Gasteiger partial charge in [-0.1, -0.05) is 30.3 Å². The lowest BCUT2D eigenvalue weighted by Crippen LogP contribution is -2.60. The van der Waals surface area contributed by atoms with Gasteiger partial charge in [0.25, 0.3) is 0 Å². The Kier molecular flexibility index (Phi) is 7.09. The lowest BCUT2D eigenvalue weighted by atomic mass is 9.91. The monoisotopic (exact) mass is 538 g/mol. The standard InChI is InChI=1S/C28H32BrN3O3/c1-35-23-11-10-21-24(28(33)34)22(26(31-27(21)25(23)29)19-8-4-2-5-9-19)18-32(16-6-3-7-17-32)20-12-14-30-15-13-20/h2,4-5,8-11,20,30H,3,6-7,12-18H2,1H3/p+1. The van der Waals surface area contributed by atoms with Crippen LogP contribution in [-0.4, -0.2) is 59.9 Å². The van der Waals surface area contributed by atoms with Gasteiger partial charge in [-0.3, -0.25) is 0 Å². The van der Waals surface area contributed by atoms with Gasteiger partial charge in [0.15, 0.2) is 0 Å². The zero-order chi connectivity index (χ0) is 24.4. The number of carbonyl (C=O) groups is 1. The van der Waals surface area contributed by atoms with Crippen LogP contribution in [0.3, 0.4) is 0 Å². The molecule has 3 heterocycles. The smallest absolute Gasteiger partial charge is 0.336 e. The number of methoxy groups -OCH3 is 1. The molecule has 2 aliphatic rings. The van der Waals surface area contributed by atoms with Crippen LogP contribution in [0.15, 0.2) is 46.9 Å². The number of nitrogens with zero attached hydrogens (tertiary/aromatic N) is 2. The molecule has 2 aromatic carbocycles. The van der Waals surface area contributed by atoms with Gasteiger partial charge < -0.3 is 19.6 Å². The second-order valence-electron chi connectivity index (χ2n) is 9.83. The summed E-state index contributed by atoms with van der Waals surface area (Å²) in [6, 6.07) is 14.2. The molecule has 35 heavy (non-hydrogen) atoms. The van der Waals surface area contributed by atoms with Crippen LogP contribution in [0, 0.1) is 0 Å². The van der Waals surface area contributed by atoms with E-state index in [9.17, 15) is 9.90 Å². The molecule has 0 radical (unpaired) electrons. The molecule has 2 N–H and O–H groups in total. The van der Waals surface area contributed by atoms with Crippen molar-refractivity contribution in [1.82, 2.24) is 10.3 Å². The third kappa shape index (κ3) is 4.57. The summed E-state index contributed by atoms with van der Waals surface area (Å²) in [4.78, 5) is 18.0. The van der Waals surface area contributed by atoms with Gasteiger partial charge in [0, 0.05) is 42.4 Å². The van der Waals surface area contributed by atoms with E-state index in [1.54, 1.807) is 7.11 Å². The molecule has 7 heteroatoms. The first-order valence-corrected chi connectivity index (χ1v) is 13.4. The van der Waals surface area contributed by atoms with E-state index < -0.39 is 5.97 Å². The maximum atomic E-state index is 12.9. The van der Waals surface area contributed by atoms with Crippen LogP contribution in [0.25, 0.3) is 22.2 Å². The van der Waals surface area contributed by atoms with Gasteiger partial charge in [0.05, 0.1) is 47.5 Å². The number of benzene rings is 2. The number of hydrogen-bond donors (Lipinski definition) is 2. The van der Waals surface area contributed by atoms with Crippen molar-refractivity contribution < 1.29 is 19.1 Å². The first kappa shape index (κ1) is 24.2. The zero-order valence-corrected chi connectivity index (χ0v) is 21.8. The molecule has 6 nitrogen and oxygen atoms in total. The average Bonchev–Trinajstić information content (AvgIpc) is 2.90. The number of quaternary nitrogens is 1. The Morgan fingerprint density at radius 2 is 1.83 bits per heavy atom. The van der Waals surface area contributed by atoms with Crippen LogP contribution in [0.2, 0.25) is 0 Å². The van der Waals surface area contributed by atoms with Crippen LogP contribution in [0.5, 0.6) is 5.75 Å². The quantitative estimate of drug-likeness (QED) is 0.398. The number of pyridine rings is 1. The number of hydrogen-bond acceptors (Lipinski definition) is 4. The minimum absolute atomic E-state index is 0.370. The van der Waals surface area contributed by atoms with E-state index in [4.69, 9.17) is 9.72 Å². The number of fused-ring (bicyclic) bond motifs is 1. The summed E-state index contributed by atoms with van der Waals surface area (Å²) in [7, 11) is 1.61. The van der Waals surface area contributed by atoms with Crippen molar-refractivity contribution in [2.24, 2.45) is 0 Å². The minimum Gasteiger partial charge on any atom is -0.495 e. The Morgan fingerprint density at radius 1 is 1.11 bits per heavy atom. The highest BCUT2D eigenvalue weighted by molar-refractivity contribution is 9.10. The largest absolute Gasteiger partial charge is 0.495 e. The predicted octanol–water partition coefficient (Wildman–Crippen LogP) is 5.62. The molecular weight excluding hydrogens is 506 g/mol. The highest BCUT2D eigenvalue weighted by Gasteiger charge is 2.41. The molecule has 0 bridgehead atoms. The summed E-state index contributed by atoms with van der Waals surface area (Å²) in [6.07, 6.45) is 5.90. The van der Waals surface area contributed by atoms with Crippen molar-refractivity contribution >= 4 is 32.8 Å². The first-order valence-electron chi connectivity index (χ1n) is 12.6. The second-order valence-corrected chi connectivity index (χ2v) is 10.6. The van der Waals surface area contributed by atoms with E-state index in [0.717, 1.165) is 60.3 Å². The van der Waals surface area contributed by atoms with Crippen molar-refractivity contribution in [3.63, 3.8) is 0 Å². The third-order valence-corrected chi connectivity index (χ3v) is 8.67. The summed E-state index contributed by atoms with van der Waals surface area (Å²) in [5.74, 6) is -0.260. The molecule has 0 aliphatic carbocycles. The Bertz CT molecular complexity index is 1220. The number of ether oxygens (including phenoxy) is 1. The van der Waals surface area contributed by atoms with Crippen molar-refractivity contribution in [3.05, 3.63) is 58.1 Å². The Hall–Kier alpha value is -2.48. The molecule has 0 amide bonds. The van der Waals surface area contributed by atoms with E-state index in [-0.39, 0.29) is 0 Å². The second kappa shape index (κ2) is 10.2. The van der Waals surface area contributed by atoms with E-state index in [2.05, 4.69) is 21.2 Å². The van der Waals surface area contributed by atoms with Gasteiger partial charge in [0.2, 0.25) is 0 Å². The van der Waals surface area contributed by atoms with Crippen LogP contribution in [0.1, 0.15) is 48.0 Å². The van der Waals surface area contributed by atoms with Gasteiger partial charge in [-0.2, -0.15) is 0 Å². The molecular formula is C28H33BrN3O3+. The molecule has 0 atom stereocenters. The molecule has 0 saturated carbocycles. The summed E-state index contributed by atoms with van der Waals surface area (Å²) in [6.45, 7) is 4.96. The van der Waals surface area contributed by atoms with Crippen LogP contribution >= 0.6 is 15.9 Å². The van der Waals surface area contributed by atoms with E-state index in [1.165, 1.54) is 19.3 Å². The number of carboxylic acids is 1. The van der Waals surface area contributed by atoms with E-state index >= 15 is 0 Å². The Balaban J connectivity index is 1.77. The Labute approximate surface area is 215 Å². The maximum absolute atomic E-state index is 12.9. The molecule has 2 saturated heterocycles. The van der Waals surface area contributed by atoms with Gasteiger partial charge >= 0.3 is 5.97 Å². The van der Waals surface area contributed by atoms with Crippen LogP contribution < -0.4 is 10.1 Å². The number of aromatic nitrogens is 1. The lowest BCUT2D eigenvalue weighted by Gasteiger charge is -2.49. The summed E-state index contributed by atoms with van der Waals surface area (Å²) >= 11 is 3.64. The molecule has 0 spiro atoms. The number of rotatable bonds is 6. The van der Waals surface area contributed by atoms with E-state index in [0.29, 0.717) is 39.3 Å². The maximum Gasteiger partial charge on any atom is 0.336 e. The number of nitrogens with one attached hydrogen (secondary N) is 1. The Morgan fingerprint density at radius 3 is 2.49 bits per heavy atom. The van der Waals surface area contributed by atoms with Crippen LogP contribution in [-0.2, 0) is 6.54 Å². The summed E-state index contributed by atoms with van der Waals surface area (Å²) in [5.41, 5.74) is 3.56. The molecule has 184 valence electrons. The summed E-state index contributed by atoms with van der Waals surface area (Å²) in [5, 5.41) is 14.7. The predicted molar refractivity (Wildman–Crippen MR) is 142 cm³/mol. The molecule has 2 aliphatic heterocycles. The SMILES string of the molecule is COc1ccc2c(C(=O)O)c(C[N+]3(C4CCNCC4)CCCCC3)c(-c3ccccc3)nc2c1Br. The normalized spacial score (nSPS) is 18.5. The van der Waals surface area contributed by atoms with Crippen molar-refractivity contribution in [1.29, 1.82) is 0 Å². The van der Waals surface area contributed by atoms with Crippen LogP contribution in [0.4, 0.5) is 0 Å². The van der Waals surface area contributed by atoms with Crippen molar-refractivity contribution in [3.8, 4) is 17.0 Å². The molecule has 0 unspecified atom stereocenters. The molecule has 1 aromatic heterocycles. The van der Waals surface area contributed by atoms with Crippen molar-refractivity contribution in [2.45, 2.75) is 44.7 Å². The topological polar surface area (TPSA) is 71.5 Å². The minimum atomic E-state index is -0.901. The van der Waals surface area contributed by atoms with Gasteiger partial charge in [-0.15, -0.1) is 0 Å². The number of aromatic carboxylic acids is 1. The first-order chi connectivity index (χ1) is 17.0. The highest BCUT2D eigenvalue weighted by atomic mass is 79.9. The third-order valence-electron chi connectivity index (χ3n) is 7.91. The fraction of sp³-hybridized carbons (Fsp3) is 0.429. The highest BCUT2D eigenvalue weighted by Crippen LogP contribution is 2.40. The average molecular weight is 539 g/mol. The summed E-state index contributed by atoms with van der Waals surface area (Å²) < 4.78 is 7.15. The number of likely N-dealkylation sites (tertiary alicyclic amines) is 1. The molecule has 2 fully saturated rings. The number of piperidine rings is 2. The van der Waals surface area contributed by atoms with Gasteiger partial charge in [-0.25, -0.2) is 9.78 Å². The van der Waals surface area contributed by atoms with E-state index in [1.807, 2.05) is 42.5 Å². The fourth-order valence-electron chi connectivity index (χ4n) is 6.17. The van der Waals surface area contributed by atoms with Gasteiger partial charge in [0.1, 0.15) is 12.3 Å². The lowest BCUT2D eigenvalue weighted by molar-refractivity contribution is -0.968.